The summed E-state index contributed by atoms with van der Waals surface area (Å²) in [5, 5.41) is 10.4. The number of likely N-dealkylation sites (N-methyl/N-ethyl adjacent to an activating group) is 1. The zero-order valence-corrected chi connectivity index (χ0v) is 18.8. The Bertz CT molecular complexity index is 1130. The first-order valence-electron chi connectivity index (χ1n) is 10.2. The Morgan fingerprint density at radius 2 is 1.97 bits per heavy atom. The molecule has 0 N–H and O–H groups in total. The topological polar surface area (TPSA) is 86.0 Å². The van der Waals surface area contributed by atoms with Gasteiger partial charge in [-0.15, -0.1) is 0 Å². The van der Waals surface area contributed by atoms with E-state index in [-0.39, 0.29) is 13.4 Å². The van der Waals surface area contributed by atoms with Gasteiger partial charge in [-0.2, -0.15) is 5.26 Å². The van der Waals surface area contributed by atoms with E-state index in [1.807, 2.05) is 41.8 Å². The lowest BCUT2D eigenvalue weighted by atomic mass is 10.1. The summed E-state index contributed by atoms with van der Waals surface area (Å²) in [5.74, 6) is 0.570. The van der Waals surface area contributed by atoms with Gasteiger partial charge in [0.1, 0.15) is 29.7 Å². The third kappa shape index (κ3) is 5.19. The van der Waals surface area contributed by atoms with E-state index in [0.717, 1.165) is 23.1 Å². The Labute approximate surface area is 187 Å². The molecule has 0 radical (unpaired) electrons. The van der Waals surface area contributed by atoms with E-state index >= 15 is 0 Å². The van der Waals surface area contributed by atoms with E-state index in [2.05, 4.69) is 6.07 Å². The molecule has 0 bridgehead atoms. The fourth-order valence-corrected chi connectivity index (χ4v) is 3.23. The second-order valence-corrected chi connectivity index (χ2v) is 7.31. The molecule has 3 aromatic rings. The van der Waals surface area contributed by atoms with E-state index in [1.54, 1.807) is 31.3 Å². The summed E-state index contributed by atoms with van der Waals surface area (Å²) in [5.41, 5.74) is 2.37. The average molecular weight is 437 g/mol. The molecule has 0 amide bonds. The van der Waals surface area contributed by atoms with Crippen molar-refractivity contribution in [2.75, 3.05) is 47.8 Å². The minimum Gasteiger partial charge on any atom is -0.492 e. The summed E-state index contributed by atoms with van der Waals surface area (Å²) < 4.78 is 23.5. The van der Waals surface area contributed by atoms with Gasteiger partial charge in [0.05, 0.1) is 17.7 Å². The van der Waals surface area contributed by atoms with Crippen molar-refractivity contribution < 1.29 is 23.7 Å². The van der Waals surface area contributed by atoms with Crippen LogP contribution in [0.1, 0.15) is 22.8 Å². The molecule has 0 unspecified atom stereocenters. The third-order valence-corrected chi connectivity index (χ3v) is 4.78. The van der Waals surface area contributed by atoms with Gasteiger partial charge in [0.25, 0.3) is 0 Å². The van der Waals surface area contributed by atoms with Crippen LogP contribution in [0.4, 0.5) is 0 Å². The molecule has 168 valence electrons. The van der Waals surface area contributed by atoms with Gasteiger partial charge in [-0.1, -0.05) is 0 Å². The van der Waals surface area contributed by atoms with Crippen LogP contribution in [-0.4, -0.2) is 63.2 Å². The van der Waals surface area contributed by atoms with Gasteiger partial charge >= 0.3 is 5.97 Å². The highest BCUT2D eigenvalue weighted by Gasteiger charge is 2.17. The Hall–Kier alpha value is -3.54. The molecule has 0 spiro atoms. The number of benzene rings is 2. The lowest BCUT2D eigenvalue weighted by molar-refractivity contribution is 0.0438. The predicted octanol–water partition coefficient (Wildman–Crippen LogP) is 3.60. The van der Waals surface area contributed by atoms with Gasteiger partial charge in [-0.05, 0) is 45.3 Å². The van der Waals surface area contributed by atoms with Crippen LogP contribution in [0, 0.1) is 11.3 Å². The van der Waals surface area contributed by atoms with Crippen molar-refractivity contribution in [1.29, 1.82) is 5.26 Å². The van der Waals surface area contributed by atoms with Gasteiger partial charge < -0.3 is 28.4 Å². The smallest absolute Gasteiger partial charge is 0.341 e. The van der Waals surface area contributed by atoms with Gasteiger partial charge in [0.2, 0.25) is 0 Å². The van der Waals surface area contributed by atoms with E-state index < -0.39 is 5.97 Å². The number of carbonyl (C=O) groups excluding carboxylic acids is 1. The number of esters is 1. The van der Waals surface area contributed by atoms with Crippen molar-refractivity contribution in [3.05, 3.63) is 53.7 Å². The van der Waals surface area contributed by atoms with Crippen LogP contribution in [0.5, 0.6) is 11.5 Å². The maximum atomic E-state index is 12.3. The number of aromatic nitrogens is 1. The summed E-state index contributed by atoms with van der Waals surface area (Å²) in [6.07, 6.45) is 1.76. The van der Waals surface area contributed by atoms with Crippen LogP contribution in [-0.2, 0) is 9.47 Å². The van der Waals surface area contributed by atoms with Crippen LogP contribution in [0.15, 0.2) is 42.6 Å². The molecule has 0 saturated carbocycles. The molecule has 1 aromatic heterocycles. The first kappa shape index (κ1) is 23.1. The van der Waals surface area contributed by atoms with Gasteiger partial charge in [-0.3, -0.25) is 0 Å². The number of nitrogens with zero attached hydrogens (tertiary/aromatic N) is 3. The molecule has 3 rings (SSSR count). The Balaban J connectivity index is 2.04. The number of ether oxygens (including phenoxy) is 4. The van der Waals surface area contributed by atoms with Crippen LogP contribution in [0.25, 0.3) is 16.6 Å². The second kappa shape index (κ2) is 10.7. The summed E-state index contributed by atoms with van der Waals surface area (Å²) in [7, 11) is 5.48. The maximum absolute atomic E-state index is 12.3. The van der Waals surface area contributed by atoms with E-state index in [0.29, 0.717) is 29.2 Å². The number of fused-ring (bicyclic) bond motifs is 1. The van der Waals surface area contributed by atoms with Crippen molar-refractivity contribution in [1.82, 2.24) is 9.47 Å². The van der Waals surface area contributed by atoms with Crippen LogP contribution in [0.2, 0.25) is 0 Å². The van der Waals surface area contributed by atoms with Crippen molar-refractivity contribution in [3.8, 4) is 23.3 Å². The number of hydrogen-bond acceptors (Lipinski definition) is 7. The zero-order chi connectivity index (χ0) is 23.1. The van der Waals surface area contributed by atoms with Gasteiger partial charge in [-0.25, -0.2) is 4.79 Å². The van der Waals surface area contributed by atoms with Crippen LogP contribution < -0.4 is 9.47 Å². The molecule has 0 aliphatic rings. The van der Waals surface area contributed by atoms with Gasteiger partial charge in [0.15, 0.2) is 6.79 Å². The lowest BCUT2D eigenvalue weighted by Gasteiger charge is -2.14. The first-order valence-corrected chi connectivity index (χ1v) is 10.2. The first-order chi connectivity index (χ1) is 15.5. The average Bonchev–Trinajstić information content (AvgIpc) is 3.15. The van der Waals surface area contributed by atoms with Gasteiger partial charge in [0, 0.05) is 43.1 Å². The van der Waals surface area contributed by atoms with Crippen LogP contribution >= 0.6 is 0 Å². The fraction of sp³-hybridized carbons (Fsp3) is 0.333. The standard InChI is InChI=1S/C24H27N3O5/c1-5-30-24(28)21-8-6-18(12-23(21)32-16-29-4)27-15-17(14-25)20-9-7-19(13-22(20)27)31-11-10-26(2)3/h6-9,12-13,15H,5,10-11,16H2,1-4H3. The number of carbonyl (C=O) groups is 1. The number of hydrogen-bond donors (Lipinski definition) is 0. The zero-order valence-electron chi connectivity index (χ0n) is 18.8. The van der Waals surface area contributed by atoms with Crippen molar-refractivity contribution in [2.45, 2.75) is 6.92 Å². The maximum Gasteiger partial charge on any atom is 0.341 e. The second-order valence-electron chi connectivity index (χ2n) is 7.31. The minimum atomic E-state index is -0.475. The molecule has 0 aliphatic carbocycles. The number of methoxy groups -OCH3 is 1. The number of nitriles is 1. The summed E-state index contributed by atoms with van der Waals surface area (Å²) in [6, 6.07) is 13.0. The molecular formula is C24H27N3O5. The quantitative estimate of drug-likeness (QED) is 0.354. The summed E-state index contributed by atoms with van der Waals surface area (Å²) >= 11 is 0. The highest BCUT2D eigenvalue weighted by Crippen LogP contribution is 2.31. The highest BCUT2D eigenvalue weighted by atomic mass is 16.7. The molecule has 1 heterocycles. The van der Waals surface area contributed by atoms with Crippen molar-refractivity contribution >= 4 is 16.9 Å². The fourth-order valence-electron chi connectivity index (χ4n) is 3.23. The monoisotopic (exact) mass is 437 g/mol. The minimum absolute atomic E-state index is 0.0183. The van der Waals surface area contributed by atoms with Crippen molar-refractivity contribution in [2.24, 2.45) is 0 Å². The summed E-state index contributed by atoms with van der Waals surface area (Å²) in [6.45, 7) is 3.32. The molecule has 8 heteroatoms. The molecule has 8 nitrogen and oxygen atoms in total. The Morgan fingerprint density at radius 3 is 2.66 bits per heavy atom. The number of rotatable bonds is 10. The third-order valence-electron chi connectivity index (χ3n) is 4.78. The summed E-state index contributed by atoms with van der Waals surface area (Å²) in [4.78, 5) is 14.4. The SMILES string of the molecule is CCOC(=O)c1ccc(-n2cc(C#N)c3ccc(OCCN(C)C)cc32)cc1OCOC. The Morgan fingerprint density at radius 1 is 1.16 bits per heavy atom. The Kier molecular flexibility index (Phi) is 7.71. The largest absolute Gasteiger partial charge is 0.492 e. The molecule has 0 saturated heterocycles. The van der Waals surface area contributed by atoms with E-state index in [9.17, 15) is 10.1 Å². The van der Waals surface area contributed by atoms with Crippen LogP contribution in [0.3, 0.4) is 0 Å². The lowest BCUT2D eigenvalue weighted by Crippen LogP contribution is -2.19. The predicted molar refractivity (Wildman–Crippen MR) is 120 cm³/mol. The molecule has 0 fully saturated rings. The normalized spacial score (nSPS) is 10.9. The molecular weight excluding hydrogens is 410 g/mol. The molecule has 0 atom stereocenters. The molecule has 2 aromatic carbocycles. The van der Waals surface area contributed by atoms with E-state index in [1.165, 1.54) is 7.11 Å². The molecule has 32 heavy (non-hydrogen) atoms. The highest BCUT2D eigenvalue weighted by molar-refractivity contribution is 5.93. The van der Waals surface area contributed by atoms with Crippen molar-refractivity contribution in [3.63, 3.8) is 0 Å². The molecule has 0 aliphatic heterocycles. The van der Waals surface area contributed by atoms with E-state index in [4.69, 9.17) is 18.9 Å².